The van der Waals surface area contributed by atoms with E-state index in [1.165, 1.54) is 4.90 Å². The lowest BCUT2D eigenvalue weighted by Gasteiger charge is -2.18. The van der Waals surface area contributed by atoms with E-state index in [4.69, 9.17) is 4.74 Å². The zero-order valence-corrected chi connectivity index (χ0v) is 16.6. The quantitative estimate of drug-likeness (QED) is 0.748. The lowest BCUT2D eigenvalue weighted by atomic mass is 10.3. The van der Waals surface area contributed by atoms with E-state index in [-0.39, 0.29) is 24.9 Å². The summed E-state index contributed by atoms with van der Waals surface area (Å²) in [5.41, 5.74) is 0.672. The number of carbonyl (C=O) groups excluding carboxylic acids is 2. The van der Waals surface area contributed by atoms with Gasteiger partial charge in [0.1, 0.15) is 11.5 Å². The van der Waals surface area contributed by atoms with E-state index in [1.807, 2.05) is 24.3 Å². The first kappa shape index (κ1) is 19.9. The number of nitrogens with one attached hydrogen (secondary N) is 1. The number of likely N-dealkylation sites (N-methyl/N-ethyl adjacent to an activating group) is 2. The van der Waals surface area contributed by atoms with Crippen molar-refractivity contribution >= 4 is 33.4 Å². The number of benzene rings is 2. The summed E-state index contributed by atoms with van der Waals surface area (Å²) in [6.07, 6.45) is 0. The maximum Gasteiger partial charge on any atom is 0.238 e. The lowest BCUT2D eigenvalue weighted by molar-refractivity contribution is -0.130. The summed E-state index contributed by atoms with van der Waals surface area (Å²) in [5, 5.41) is 2.81. The van der Waals surface area contributed by atoms with E-state index in [0.717, 1.165) is 10.2 Å². The average molecular weight is 420 g/mol. The maximum atomic E-state index is 12.1. The first-order valence-electron chi connectivity index (χ1n) is 8.05. The van der Waals surface area contributed by atoms with Gasteiger partial charge in [0.25, 0.3) is 0 Å². The second kappa shape index (κ2) is 9.35. The highest BCUT2D eigenvalue weighted by atomic mass is 79.9. The fourth-order valence-corrected chi connectivity index (χ4v) is 2.38. The number of amides is 2. The van der Waals surface area contributed by atoms with Crippen LogP contribution in [0.2, 0.25) is 0 Å². The highest BCUT2D eigenvalue weighted by molar-refractivity contribution is 9.10. The van der Waals surface area contributed by atoms with E-state index < -0.39 is 0 Å². The first-order chi connectivity index (χ1) is 12.3. The number of rotatable bonds is 7. The molecular formula is C19H22BrN3O3. The summed E-state index contributed by atoms with van der Waals surface area (Å²) in [7, 11) is 5.11. The molecule has 0 atom stereocenters. The Kier molecular flexibility index (Phi) is 7.17. The third-order valence-electron chi connectivity index (χ3n) is 3.50. The van der Waals surface area contributed by atoms with Crippen LogP contribution in [0.5, 0.6) is 11.5 Å². The molecule has 0 radical (unpaired) electrons. The minimum Gasteiger partial charge on any atom is -0.457 e. The Bertz CT molecular complexity index is 746. The number of halogens is 1. The van der Waals surface area contributed by atoms with Gasteiger partial charge in [-0.2, -0.15) is 0 Å². The van der Waals surface area contributed by atoms with Crippen molar-refractivity contribution in [1.29, 1.82) is 0 Å². The normalized spacial score (nSPS) is 10.5. The van der Waals surface area contributed by atoms with Gasteiger partial charge in [-0.3, -0.25) is 14.5 Å². The minimum atomic E-state index is -0.180. The van der Waals surface area contributed by atoms with Gasteiger partial charge in [0.05, 0.1) is 13.1 Å². The Morgan fingerprint density at radius 3 is 2.00 bits per heavy atom. The largest absolute Gasteiger partial charge is 0.457 e. The fourth-order valence-electron chi connectivity index (χ4n) is 2.12. The second-order valence-corrected chi connectivity index (χ2v) is 7.00. The molecule has 0 spiro atoms. The number of carbonyl (C=O) groups is 2. The van der Waals surface area contributed by atoms with Gasteiger partial charge in [-0.1, -0.05) is 15.9 Å². The van der Waals surface area contributed by atoms with Crippen LogP contribution in [0.25, 0.3) is 0 Å². The maximum absolute atomic E-state index is 12.1. The molecule has 2 rings (SSSR count). The van der Waals surface area contributed by atoms with Gasteiger partial charge >= 0.3 is 0 Å². The molecule has 0 aliphatic rings. The monoisotopic (exact) mass is 419 g/mol. The van der Waals surface area contributed by atoms with Crippen LogP contribution in [0.15, 0.2) is 53.0 Å². The Balaban J connectivity index is 1.85. The summed E-state index contributed by atoms with van der Waals surface area (Å²) in [5.74, 6) is 1.19. The van der Waals surface area contributed by atoms with Crippen LogP contribution < -0.4 is 10.1 Å². The zero-order chi connectivity index (χ0) is 19.1. The molecule has 0 fully saturated rings. The summed E-state index contributed by atoms with van der Waals surface area (Å²) >= 11 is 3.38. The molecule has 2 amide bonds. The van der Waals surface area contributed by atoms with Crippen molar-refractivity contribution in [2.24, 2.45) is 0 Å². The van der Waals surface area contributed by atoms with E-state index in [0.29, 0.717) is 11.4 Å². The van der Waals surface area contributed by atoms with E-state index in [2.05, 4.69) is 21.2 Å². The molecule has 0 aliphatic heterocycles. The minimum absolute atomic E-state index is 0.0465. The molecule has 0 saturated heterocycles. The van der Waals surface area contributed by atoms with Gasteiger partial charge in [0, 0.05) is 24.3 Å². The lowest BCUT2D eigenvalue weighted by Crippen LogP contribution is -2.38. The topological polar surface area (TPSA) is 61.9 Å². The summed E-state index contributed by atoms with van der Waals surface area (Å²) < 4.78 is 6.73. The van der Waals surface area contributed by atoms with E-state index >= 15 is 0 Å². The Labute approximate surface area is 161 Å². The summed E-state index contributed by atoms with van der Waals surface area (Å²) in [4.78, 5) is 26.9. The highest BCUT2D eigenvalue weighted by Crippen LogP contribution is 2.24. The molecule has 2 aromatic carbocycles. The number of ether oxygens (including phenoxy) is 1. The second-order valence-electron chi connectivity index (χ2n) is 6.09. The van der Waals surface area contributed by atoms with Crippen molar-refractivity contribution in [3.8, 4) is 11.5 Å². The van der Waals surface area contributed by atoms with Crippen molar-refractivity contribution < 1.29 is 14.3 Å². The van der Waals surface area contributed by atoms with Gasteiger partial charge in [0.15, 0.2) is 0 Å². The zero-order valence-electron chi connectivity index (χ0n) is 15.0. The molecule has 1 N–H and O–H groups in total. The molecule has 0 saturated carbocycles. The van der Waals surface area contributed by atoms with Gasteiger partial charge in [0.2, 0.25) is 11.8 Å². The van der Waals surface area contributed by atoms with Crippen LogP contribution in [0.3, 0.4) is 0 Å². The highest BCUT2D eigenvalue weighted by Gasteiger charge is 2.12. The summed E-state index contributed by atoms with van der Waals surface area (Å²) in [6.45, 7) is 0.330. The predicted octanol–water partition coefficient (Wildman–Crippen LogP) is 3.20. The first-order valence-corrected chi connectivity index (χ1v) is 8.85. The van der Waals surface area contributed by atoms with Crippen molar-refractivity contribution in [3.63, 3.8) is 0 Å². The van der Waals surface area contributed by atoms with Crippen LogP contribution in [0, 0.1) is 0 Å². The van der Waals surface area contributed by atoms with E-state index in [9.17, 15) is 9.59 Å². The van der Waals surface area contributed by atoms with Crippen molar-refractivity contribution in [3.05, 3.63) is 53.0 Å². The van der Waals surface area contributed by atoms with Crippen molar-refractivity contribution in [1.82, 2.24) is 9.80 Å². The number of nitrogens with zero attached hydrogens (tertiary/aromatic N) is 2. The number of anilines is 1. The Morgan fingerprint density at radius 2 is 1.46 bits per heavy atom. The van der Waals surface area contributed by atoms with Gasteiger partial charge in [-0.05, 0) is 55.6 Å². The molecule has 0 heterocycles. The van der Waals surface area contributed by atoms with Crippen molar-refractivity contribution in [2.75, 3.05) is 39.5 Å². The van der Waals surface area contributed by atoms with Gasteiger partial charge in [-0.15, -0.1) is 0 Å². The van der Waals surface area contributed by atoms with Crippen LogP contribution in [0.4, 0.5) is 5.69 Å². The smallest absolute Gasteiger partial charge is 0.238 e. The third kappa shape index (κ3) is 6.50. The van der Waals surface area contributed by atoms with Crippen molar-refractivity contribution in [2.45, 2.75) is 0 Å². The standard InChI is InChI=1S/C19H22BrN3O3/c1-22(2)19(25)13-23(3)12-18(24)21-15-6-10-17(11-7-15)26-16-8-4-14(20)5-9-16/h4-11H,12-13H2,1-3H3,(H,21,24). The molecule has 6 nitrogen and oxygen atoms in total. The Morgan fingerprint density at radius 1 is 0.923 bits per heavy atom. The molecule has 0 aliphatic carbocycles. The van der Waals surface area contributed by atoms with Gasteiger partial charge in [-0.25, -0.2) is 0 Å². The van der Waals surface area contributed by atoms with Crippen LogP contribution in [0.1, 0.15) is 0 Å². The average Bonchev–Trinajstić information content (AvgIpc) is 2.58. The molecule has 2 aromatic rings. The Hall–Kier alpha value is -2.38. The molecule has 26 heavy (non-hydrogen) atoms. The van der Waals surface area contributed by atoms with Crippen LogP contribution in [-0.2, 0) is 9.59 Å². The third-order valence-corrected chi connectivity index (χ3v) is 4.03. The number of hydrogen-bond acceptors (Lipinski definition) is 4. The molecule has 0 bridgehead atoms. The summed E-state index contributed by atoms with van der Waals surface area (Å²) in [6, 6.07) is 14.7. The fraction of sp³-hybridized carbons (Fsp3) is 0.263. The molecule has 0 unspecified atom stereocenters. The van der Waals surface area contributed by atoms with Gasteiger partial charge < -0.3 is 15.0 Å². The molecule has 138 valence electrons. The SMILES string of the molecule is CN(CC(=O)Nc1ccc(Oc2ccc(Br)cc2)cc1)CC(=O)N(C)C. The molecule has 0 aromatic heterocycles. The van der Waals surface area contributed by atoms with Crippen LogP contribution in [-0.4, -0.2) is 55.8 Å². The predicted molar refractivity (Wildman–Crippen MR) is 105 cm³/mol. The van der Waals surface area contributed by atoms with E-state index in [1.54, 1.807) is 50.3 Å². The molecular weight excluding hydrogens is 398 g/mol. The molecule has 7 heteroatoms. The number of hydrogen-bond donors (Lipinski definition) is 1. The van der Waals surface area contributed by atoms with Crippen LogP contribution >= 0.6 is 15.9 Å².